The molecule has 1 aliphatic heterocycles. The summed E-state index contributed by atoms with van der Waals surface area (Å²) in [6.45, 7) is 6.04. The van der Waals surface area contributed by atoms with Gasteiger partial charge in [0.15, 0.2) is 5.96 Å². The van der Waals surface area contributed by atoms with Gasteiger partial charge in [-0.05, 0) is 25.2 Å². The molecule has 2 heterocycles. The highest BCUT2D eigenvalue weighted by Gasteiger charge is 2.65. The number of guanidine groups is 1. The Morgan fingerprint density at radius 3 is 2.85 bits per heavy atom. The van der Waals surface area contributed by atoms with Crippen LogP contribution < -0.4 is 10.6 Å². The average Bonchev–Trinajstić information content (AvgIpc) is 3.34. The van der Waals surface area contributed by atoms with E-state index in [1.54, 1.807) is 11.3 Å². The number of aromatic nitrogens is 1. The number of aliphatic imine (C=N–C) groups is 1. The van der Waals surface area contributed by atoms with Crippen LogP contribution in [0.25, 0.3) is 0 Å². The molecular formula is C19H31IN4OS. The molecule has 0 aromatic carbocycles. The molecule has 0 amide bonds. The van der Waals surface area contributed by atoms with Gasteiger partial charge in [0.2, 0.25) is 0 Å². The van der Waals surface area contributed by atoms with Crippen LogP contribution in [0.3, 0.4) is 0 Å². The zero-order valence-electron chi connectivity index (χ0n) is 16.0. The van der Waals surface area contributed by atoms with Crippen molar-refractivity contribution < 1.29 is 4.74 Å². The van der Waals surface area contributed by atoms with Gasteiger partial charge in [0.05, 0.1) is 18.3 Å². The zero-order valence-corrected chi connectivity index (χ0v) is 19.1. The standard InChI is InChI=1S/C19H30N4OS.HI/c1-12(2)14-11-25-15(22-14)10-21-18(20-3)23-16-13-6-9-24-17(13)19(16)7-4-5-8-19;/h11-13,16-17H,4-10H2,1-3H3,(H2,20,21,23);1H. The number of hydrogen-bond donors (Lipinski definition) is 2. The van der Waals surface area contributed by atoms with Gasteiger partial charge in [-0.3, -0.25) is 4.99 Å². The fraction of sp³-hybridized carbons (Fsp3) is 0.789. The monoisotopic (exact) mass is 490 g/mol. The molecule has 2 N–H and O–H groups in total. The van der Waals surface area contributed by atoms with E-state index in [4.69, 9.17) is 9.72 Å². The van der Waals surface area contributed by atoms with E-state index < -0.39 is 0 Å². The molecule has 3 aliphatic rings. The van der Waals surface area contributed by atoms with Gasteiger partial charge in [-0.15, -0.1) is 35.3 Å². The van der Waals surface area contributed by atoms with E-state index >= 15 is 0 Å². The van der Waals surface area contributed by atoms with Crippen LogP contribution in [-0.4, -0.2) is 36.7 Å². The molecule has 3 fully saturated rings. The van der Waals surface area contributed by atoms with Crippen molar-refractivity contribution in [2.45, 2.75) is 70.6 Å². The smallest absolute Gasteiger partial charge is 0.191 e. The minimum absolute atomic E-state index is 0. The number of hydrogen-bond acceptors (Lipinski definition) is 4. The summed E-state index contributed by atoms with van der Waals surface area (Å²) in [5.41, 5.74) is 1.53. The molecule has 1 saturated heterocycles. The second-order valence-electron chi connectivity index (χ2n) is 8.05. The summed E-state index contributed by atoms with van der Waals surface area (Å²) in [7, 11) is 1.86. The maximum absolute atomic E-state index is 6.08. The van der Waals surface area contributed by atoms with Gasteiger partial charge in [0.25, 0.3) is 0 Å². The molecule has 2 aliphatic carbocycles. The van der Waals surface area contributed by atoms with E-state index in [-0.39, 0.29) is 24.0 Å². The molecule has 0 radical (unpaired) electrons. The van der Waals surface area contributed by atoms with Crippen molar-refractivity contribution >= 4 is 41.3 Å². The lowest BCUT2D eigenvalue weighted by Gasteiger charge is -2.57. The molecule has 5 nitrogen and oxygen atoms in total. The summed E-state index contributed by atoms with van der Waals surface area (Å²) >= 11 is 1.73. The minimum atomic E-state index is 0. The van der Waals surface area contributed by atoms with Crippen LogP contribution in [0, 0.1) is 11.3 Å². The molecule has 4 rings (SSSR count). The first-order valence-corrected chi connectivity index (χ1v) is 10.5. The predicted octanol–water partition coefficient (Wildman–Crippen LogP) is 3.90. The summed E-state index contributed by atoms with van der Waals surface area (Å²) in [5.74, 6) is 2.05. The van der Waals surface area contributed by atoms with Crippen molar-refractivity contribution in [3.8, 4) is 0 Å². The van der Waals surface area contributed by atoms with Crippen molar-refractivity contribution in [3.63, 3.8) is 0 Å². The van der Waals surface area contributed by atoms with Crippen LogP contribution in [0.2, 0.25) is 0 Å². The highest BCUT2D eigenvalue weighted by molar-refractivity contribution is 14.0. The lowest BCUT2D eigenvalue weighted by atomic mass is 9.54. The van der Waals surface area contributed by atoms with Crippen LogP contribution in [0.5, 0.6) is 0 Å². The fourth-order valence-corrected chi connectivity index (χ4v) is 5.97. The molecular weight excluding hydrogens is 459 g/mol. The number of rotatable bonds is 4. The Bertz CT molecular complexity index is 641. The maximum Gasteiger partial charge on any atom is 0.191 e. The number of nitrogens with one attached hydrogen (secondary N) is 2. The molecule has 3 atom stereocenters. The van der Waals surface area contributed by atoms with Gasteiger partial charge in [0.1, 0.15) is 5.01 Å². The van der Waals surface area contributed by atoms with Crippen molar-refractivity contribution in [2.75, 3.05) is 13.7 Å². The molecule has 1 spiro atoms. The van der Waals surface area contributed by atoms with Crippen molar-refractivity contribution in [3.05, 3.63) is 16.1 Å². The highest BCUT2D eigenvalue weighted by atomic mass is 127. The maximum atomic E-state index is 6.08. The molecule has 1 aromatic heterocycles. The van der Waals surface area contributed by atoms with Crippen LogP contribution >= 0.6 is 35.3 Å². The number of halogens is 1. The first-order chi connectivity index (χ1) is 12.1. The number of nitrogens with zero attached hydrogens (tertiary/aromatic N) is 2. The molecule has 7 heteroatoms. The lowest BCUT2D eigenvalue weighted by molar-refractivity contribution is -0.125. The first-order valence-electron chi connectivity index (χ1n) is 9.67. The third-order valence-corrected chi connectivity index (χ3v) is 7.24. The second-order valence-corrected chi connectivity index (χ2v) is 9.00. The van der Waals surface area contributed by atoms with E-state index in [2.05, 4.69) is 34.9 Å². The number of fused-ring (bicyclic) bond motifs is 2. The largest absolute Gasteiger partial charge is 0.377 e. The van der Waals surface area contributed by atoms with Crippen LogP contribution in [-0.2, 0) is 11.3 Å². The molecule has 1 aromatic rings. The summed E-state index contributed by atoms with van der Waals surface area (Å²) in [4.78, 5) is 9.17. The quantitative estimate of drug-likeness (QED) is 0.382. The summed E-state index contributed by atoms with van der Waals surface area (Å²) in [6.07, 6.45) is 6.95. The molecule has 2 saturated carbocycles. The van der Waals surface area contributed by atoms with E-state index in [0.717, 1.165) is 24.1 Å². The topological polar surface area (TPSA) is 58.5 Å². The Balaban J connectivity index is 0.00000196. The van der Waals surface area contributed by atoms with Gasteiger partial charge < -0.3 is 15.4 Å². The number of thiazole rings is 1. The van der Waals surface area contributed by atoms with E-state index in [1.165, 1.54) is 37.8 Å². The Kier molecular flexibility index (Phi) is 6.49. The van der Waals surface area contributed by atoms with E-state index in [9.17, 15) is 0 Å². The van der Waals surface area contributed by atoms with Crippen LogP contribution in [0.15, 0.2) is 10.4 Å². The summed E-state index contributed by atoms with van der Waals surface area (Å²) in [5, 5.41) is 10.5. The summed E-state index contributed by atoms with van der Waals surface area (Å²) < 4.78 is 6.08. The van der Waals surface area contributed by atoms with Crippen LogP contribution in [0.4, 0.5) is 0 Å². The molecule has 0 bridgehead atoms. The Hall–Kier alpha value is -0.410. The predicted molar refractivity (Wildman–Crippen MR) is 117 cm³/mol. The Labute approximate surface area is 177 Å². The molecule has 146 valence electrons. The minimum Gasteiger partial charge on any atom is -0.377 e. The Morgan fingerprint density at radius 2 is 2.19 bits per heavy atom. The van der Waals surface area contributed by atoms with E-state index in [0.29, 0.717) is 29.4 Å². The summed E-state index contributed by atoms with van der Waals surface area (Å²) in [6, 6.07) is 0.510. The van der Waals surface area contributed by atoms with Gasteiger partial charge in [0, 0.05) is 36.4 Å². The normalized spacial score (nSPS) is 29.4. The second kappa shape index (κ2) is 8.31. The van der Waals surface area contributed by atoms with Crippen LogP contribution in [0.1, 0.15) is 62.6 Å². The third-order valence-electron chi connectivity index (χ3n) is 6.37. The Morgan fingerprint density at radius 1 is 1.42 bits per heavy atom. The van der Waals surface area contributed by atoms with Crippen molar-refractivity contribution in [2.24, 2.45) is 16.3 Å². The third kappa shape index (κ3) is 3.51. The van der Waals surface area contributed by atoms with Gasteiger partial charge >= 0.3 is 0 Å². The first kappa shape index (κ1) is 20.3. The van der Waals surface area contributed by atoms with Crippen molar-refractivity contribution in [1.82, 2.24) is 15.6 Å². The number of ether oxygens (including phenoxy) is 1. The van der Waals surface area contributed by atoms with Gasteiger partial charge in [-0.2, -0.15) is 0 Å². The zero-order chi connectivity index (χ0) is 17.4. The SMILES string of the molecule is CN=C(NCc1nc(C(C)C)cs1)NC1C2CCOC2C12CCCC2.I. The highest BCUT2D eigenvalue weighted by Crippen LogP contribution is 2.60. The fourth-order valence-electron chi connectivity index (χ4n) is 5.08. The van der Waals surface area contributed by atoms with Crippen molar-refractivity contribution in [1.29, 1.82) is 0 Å². The van der Waals surface area contributed by atoms with E-state index in [1.807, 2.05) is 7.05 Å². The molecule has 26 heavy (non-hydrogen) atoms. The molecule has 3 unspecified atom stereocenters. The van der Waals surface area contributed by atoms with Gasteiger partial charge in [-0.1, -0.05) is 26.7 Å². The van der Waals surface area contributed by atoms with Gasteiger partial charge in [-0.25, -0.2) is 4.98 Å². The average molecular weight is 490 g/mol. The lowest BCUT2D eigenvalue weighted by Crippen LogP contribution is -2.69.